The summed E-state index contributed by atoms with van der Waals surface area (Å²) in [5.74, 6) is -2.15. The fourth-order valence-electron chi connectivity index (χ4n) is 0.304. The maximum atomic E-state index is 11.8. The van der Waals surface area contributed by atoms with E-state index < -0.39 is 11.8 Å². The molecule has 0 atom stereocenters. The van der Waals surface area contributed by atoms with Crippen molar-refractivity contribution in [1.29, 1.82) is 0 Å². The molecule has 0 aliphatic carbocycles. The molecule has 0 aromatic rings. The van der Waals surface area contributed by atoms with Crippen molar-refractivity contribution >= 4 is 5.97 Å². The van der Waals surface area contributed by atoms with Gasteiger partial charge in [-0.15, -0.1) is 0 Å². The van der Waals surface area contributed by atoms with Crippen LogP contribution in [0.2, 0.25) is 0 Å². The van der Waals surface area contributed by atoms with E-state index in [9.17, 15) is 14.3 Å². The molecule has 0 aromatic carbocycles. The first-order valence-electron chi connectivity index (χ1n) is 2.26. The van der Waals surface area contributed by atoms with Gasteiger partial charge in [-0.3, -0.25) is 0 Å². The zero-order chi connectivity index (χ0) is 7.44. The van der Waals surface area contributed by atoms with Gasteiger partial charge in [0.2, 0.25) is 0 Å². The summed E-state index contributed by atoms with van der Waals surface area (Å²) in [6, 6.07) is 0. The normalized spacial score (nSPS) is 8.56. The van der Waals surface area contributed by atoms with Gasteiger partial charge in [0.25, 0.3) is 0 Å². The van der Waals surface area contributed by atoms with Crippen LogP contribution in [0.25, 0.3) is 0 Å². The maximum Gasteiger partial charge on any atom is 0.382 e. The molecule has 0 N–H and O–H groups in total. The van der Waals surface area contributed by atoms with Crippen molar-refractivity contribution in [2.24, 2.45) is 0 Å². The summed E-state index contributed by atoms with van der Waals surface area (Å²) >= 11 is 0. The van der Waals surface area contributed by atoms with Crippen molar-refractivity contribution in [2.75, 3.05) is 0 Å². The molecular formula is C6H6FO2. The molecule has 3 heteroatoms. The van der Waals surface area contributed by atoms with E-state index in [1.54, 1.807) is 0 Å². The second-order valence-electron chi connectivity index (χ2n) is 1.59. The van der Waals surface area contributed by atoms with Gasteiger partial charge < -0.3 is 0 Å². The first-order valence-corrected chi connectivity index (χ1v) is 2.26. The van der Waals surface area contributed by atoms with Gasteiger partial charge in [0.05, 0.1) is 5.83 Å². The number of allylic oxidation sites excluding steroid dienone is 1. The maximum absolute atomic E-state index is 11.8. The highest BCUT2D eigenvalue weighted by Crippen LogP contribution is 2.07. The molecule has 0 aliphatic heterocycles. The molecule has 0 heterocycles. The lowest BCUT2D eigenvalue weighted by Gasteiger charge is -1.90. The van der Waals surface area contributed by atoms with Gasteiger partial charge in [0.1, 0.15) is 0 Å². The van der Waals surface area contributed by atoms with Crippen molar-refractivity contribution < 1.29 is 14.3 Å². The van der Waals surface area contributed by atoms with Crippen LogP contribution in [-0.2, 0) is 9.90 Å². The minimum atomic E-state index is -1.44. The number of rotatable bonds is 3. The molecule has 1 radical (unpaired) electrons. The minimum Gasteiger partial charge on any atom is -0.242 e. The molecule has 0 spiro atoms. The Morgan fingerprint density at radius 3 is 2.00 bits per heavy atom. The van der Waals surface area contributed by atoms with Gasteiger partial charge in [-0.2, -0.15) is 0 Å². The largest absolute Gasteiger partial charge is 0.382 e. The van der Waals surface area contributed by atoms with Crippen LogP contribution in [0.1, 0.15) is 6.42 Å². The van der Waals surface area contributed by atoms with E-state index in [-0.39, 0.29) is 12.0 Å². The molecule has 9 heavy (non-hydrogen) atoms. The van der Waals surface area contributed by atoms with Crippen molar-refractivity contribution in [3.05, 3.63) is 24.6 Å². The number of carbonyl (C=O) groups is 1. The first kappa shape index (κ1) is 7.88. The Morgan fingerprint density at radius 2 is 1.89 bits per heavy atom. The van der Waals surface area contributed by atoms with E-state index in [0.29, 0.717) is 0 Å². The fraction of sp³-hybridized carbons (Fsp3) is 0.167. The highest BCUT2D eigenvalue weighted by atomic mass is 19.1. The molecule has 0 saturated carbocycles. The molecule has 0 bridgehead atoms. The number of halogens is 1. The predicted octanol–water partition coefficient (Wildman–Crippen LogP) is 1.37. The Bertz CT molecular complexity index is 160. The zero-order valence-electron chi connectivity index (χ0n) is 4.82. The van der Waals surface area contributed by atoms with Crippen LogP contribution in [0.3, 0.4) is 0 Å². The Hall–Kier alpha value is -1.12. The minimum absolute atomic E-state index is 0.289. The standard InChI is InChI=1S/C6H6FO2/c1-4(6(8)9)3-5(2)7/h1-3H2. The van der Waals surface area contributed by atoms with Crippen molar-refractivity contribution in [2.45, 2.75) is 6.42 Å². The molecule has 0 aliphatic rings. The fourth-order valence-corrected chi connectivity index (χ4v) is 0.304. The van der Waals surface area contributed by atoms with Crippen molar-refractivity contribution in [1.82, 2.24) is 0 Å². The van der Waals surface area contributed by atoms with Gasteiger partial charge in [-0.25, -0.2) is 14.3 Å². The third kappa shape index (κ3) is 3.46. The second kappa shape index (κ2) is 3.02. The second-order valence-corrected chi connectivity index (χ2v) is 1.59. The molecule has 0 aromatic heterocycles. The van der Waals surface area contributed by atoms with Crippen molar-refractivity contribution in [3.8, 4) is 0 Å². The molecule has 0 rings (SSSR count). The van der Waals surface area contributed by atoms with Crippen LogP contribution in [0.15, 0.2) is 24.6 Å². The van der Waals surface area contributed by atoms with E-state index in [1.165, 1.54) is 0 Å². The predicted molar refractivity (Wildman–Crippen MR) is 29.7 cm³/mol. The monoisotopic (exact) mass is 129 g/mol. The summed E-state index contributed by atoms with van der Waals surface area (Å²) in [7, 11) is 0. The Balaban J connectivity index is 3.79. The Kier molecular flexibility index (Phi) is 2.64. The SMILES string of the molecule is C=C(F)CC(=C)C([O])=O. The lowest BCUT2D eigenvalue weighted by atomic mass is 10.2. The summed E-state index contributed by atoms with van der Waals surface area (Å²) in [4.78, 5) is 9.82. The summed E-state index contributed by atoms with van der Waals surface area (Å²) < 4.78 is 11.8. The van der Waals surface area contributed by atoms with Crippen LogP contribution in [0, 0.1) is 0 Å². The topological polar surface area (TPSA) is 37.0 Å². The Morgan fingerprint density at radius 1 is 1.44 bits per heavy atom. The van der Waals surface area contributed by atoms with Crippen LogP contribution in [0.5, 0.6) is 0 Å². The van der Waals surface area contributed by atoms with E-state index in [4.69, 9.17) is 0 Å². The van der Waals surface area contributed by atoms with E-state index in [0.717, 1.165) is 0 Å². The molecule has 2 nitrogen and oxygen atoms in total. The Labute approximate surface area is 52.3 Å². The third-order valence-electron chi connectivity index (χ3n) is 0.694. The lowest BCUT2D eigenvalue weighted by Crippen LogP contribution is -1.96. The van der Waals surface area contributed by atoms with Crippen LogP contribution in [0.4, 0.5) is 4.39 Å². The first-order chi connectivity index (χ1) is 4.04. The van der Waals surface area contributed by atoms with E-state index >= 15 is 0 Å². The average molecular weight is 129 g/mol. The van der Waals surface area contributed by atoms with Gasteiger partial charge in [0.15, 0.2) is 0 Å². The summed E-state index contributed by atoms with van der Waals surface area (Å²) in [6.07, 6.45) is -0.345. The van der Waals surface area contributed by atoms with E-state index in [2.05, 4.69) is 13.2 Å². The van der Waals surface area contributed by atoms with Crippen LogP contribution in [-0.4, -0.2) is 5.97 Å². The van der Waals surface area contributed by atoms with Crippen molar-refractivity contribution in [3.63, 3.8) is 0 Å². The molecular weight excluding hydrogens is 123 g/mol. The van der Waals surface area contributed by atoms with Gasteiger partial charge in [-0.05, 0) is 0 Å². The molecule has 49 valence electrons. The number of carbonyl (C=O) groups excluding carboxylic acids is 1. The molecule has 0 saturated heterocycles. The summed E-state index contributed by atoms with van der Waals surface area (Å²) in [6.45, 7) is 5.89. The van der Waals surface area contributed by atoms with Crippen LogP contribution < -0.4 is 0 Å². The van der Waals surface area contributed by atoms with Crippen LogP contribution >= 0.6 is 0 Å². The average Bonchev–Trinajstić information content (AvgIpc) is 1.63. The quantitative estimate of drug-likeness (QED) is 0.530. The zero-order valence-corrected chi connectivity index (χ0v) is 4.82. The lowest BCUT2D eigenvalue weighted by molar-refractivity contribution is -0.138. The highest BCUT2D eigenvalue weighted by Gasteiger charge is 2.06. The summed E-state index contributed by atoms with van der Waals surface area (Å²) in [5.41, 5.74) is -0.289. The summed E-state index contributed by atoms with van der Waals surface area (Å²) in [5, 5.41) is 9.82. The third-order valence-corrected chi connectivity index (χ3v) is 0.694. The smallest absolute Gasteiger partial charge is 0.242 e. The molecule has 0 amide bonds. The number of hydrogen-bond donors (Lipinski definition) is 0. The highest BCUT2D eigenvalue weighted by molar-refractivity contribution is 5.85. The molecule has 0 fully saturated rings. The van der Waals surface area contributed by atoms with Gasteiger partial charge in [-0.1, -0.05) is 13.2 Å². The van der Waals surface area contributed by atoms with Gasteiger partial charge >= 0.3 is 5.97 Å². The molecule has 0 unspecified atom stereocenters. The van der Waals surface area contributed by atoms with E-state index in [1.807, 2.05) is 0 Å². The number of hydrogen-bond acceptors (Lipinski definition) is 1. The van der Waals surface area contributed by atoms with Gasteiger partial charge in [0, 0.05) is 12.0 Å².